The highest BCUT2D eigenvalue weighted by molar-refractivity contribution is 7.85. The maximum atomic E-state index is 12.8. The van der Waals surface area contributed by atoms with Crippen LogP contribution in [0, 0.1) is 11.8 Å². The Morgan fingerprint density at radius 1 is 1.50 bits per heavy atom. The molecule has 1 aromatic heterocycles. The number of pyridine rings is 1. The van der Waals surface area contributed by atoms with E-state index in [1.807, 2.05) is 0 Å². The van der Waals surface area contributed by atoms with E-state index in [2.05, 4.69) is 9.17 Å². The summed E-state index contributed by atoms with van der Waals surface area (Å²) in [7, 11) is -3.66. The number of hydrogen-bond donors (Lipinski definition) is 0. The first kappa shape index (κ1) is 11.0. The molecular formula is C7H7F2NO3S. The second-order valence-electron chi connectivity index (χ2n) is 2.56. The molecule has 0 unspecified atom stereocenters. The average Bonchev–Trinajstić information content (AvgIpc) is 2.05. The van der Waals surface area contributed by atoms with Crippen molar-refractivity contribution in [3.63, 3.8) is 0 Å². The van der Waals surface area contributed by atoms with Gasteiger partial charge < -0.3 is 0 Å². The molecule has 14 heavy (non-hydrogen) atoms. The molecule has 0 spiro atoms. The van der Waals surface area contributed by atoms with Gasteiger partial charge in [-0.3, -0.25) is 4.18 Å². The fourth-order valence-electron chi connectivity index (χ4n) is 0.732. The normalized spacial score (nSPS) is 11.6. The van der Waals surface area contributed by atoms with Gasteiger partial charge >= 0.3 is 0 Å². The Kier molecular flexibility index (Phi) is 3.12. The fraction of sp³-hybridized carbons (Fsp3) is 0.286. The predicted octanol–water partition coefficient (Wildman–Crippen LogP) is 0.836. The molecule has 78 valence electrons. The summed E-state index contributed by atoms with van der Waals surface area (Å²) >= 11 is 0. The average molecular weight is 223 g/mol. The monoisotopic (exact) mass is 223 g/mol. The molecule has 1 aromatic rings. The molecular weight excluding hydrogens is 216 g/mol. The van der Waals surface area contributed by atoms with Gasteiger partial charge in [-0.1, -0.05) is 0 Å². The van der Waals surface area contributed by atoms with Crippen LogP contribution >= 0.6 is 0 Å². The van der Waals surface area contributed by atoms with Gasteiger partial charge in [-0.2, -0.15) is 12.8 Å². The molecule has 0 aromatic carbocycles. The predicted molar refractivity (Wildman–Crippen MR) is 43.8 cm³/mol. The zero-order valence-corrected chi connectivity index (χ0v) is 8.01. The molecule has 4 nitrogen and oxygen atoms in total. The summed E-state index contributed by atoms with van der Waals surface area (Å²) in [5, 5.41) is 0. The van der Waals surface area contributed by atoms with Crippen LogP contribution in [-0.4, -0.2) is 19.7 Å². The van der Waals surface area contributed by atoms with Crippen LogP contribution in [0.3, 0.4) is 0 Å². The summed E-state index contributed by atoms with van der Waals surface area (Å²) in [4.78, 5) is 3.04. The van der Waals surface area contributed by atoms with E-state index in [1.165, 1.54) is 0 Å². The van der Waals surface area contributed by atoms with Crippen molar-refractivity contribution in [3.8, 4) is 0 Å². The van der Waals surface area contributed by atoms with E-state index >= 15 is 0 Å². The minimum absolute atomic E-state index is 0.192. The van der Waals surface area contributed by atoms with Gasteiger partial charge in [-0.05, 0) is 0 Å². The second kappa shape index (κ2) is 3.97. The fourth-order valence-corrected chi connectivity index (χ4v) is 1.07. The largest absolute Gasteiger partial charge is 0.265 e. The van der Waals surface area contributed by atoms with E-state index in [1.54, 1.807) is 0 Å². The lowest BCUT2D eigenvalue weighted by molar-refractivity contribution is 0.304. The lowest BCUT2D eigenvalue weighted by atomic mass is 10.3. The first-order valence-corrected chi connectivity index (χ1v) is 5.34. The van der Waals surface area contributed by atoms with Gasteiger partial charge in [-0.25, -0.2) is 9.37 Å². The van der Waals surface area contributed by atoms with Gasteiger partial charge in [0.1, 0.15) is 5.82 Å². The molecule has 7 heteroatoms. The lowest BCUT2D eigenvalue weighted by Gasteiger charge is -2.02. The summed E-state index contributed by atoms with van der Waals surface area (Å²) in [6.45, 7) is -0.538. The van der Waals surface area contributed by atoms with Crippen LogP contribution in [0.5, 0.6) is 0 Å². The standard InChI is InChI=1S/C7H7F2NO3S/c1-14(11,12)13-4-5-2-7(9)10-3-6(5)8/h2-3H,4H2,1H3. The van der Waals surface area contributed by atoms with Crippen molar-refractivity contribution >= 4 is 10.1 Å². The third-order valence-electron chi connectivity index (χ3n) is 1.33. The molecule has 0 N–H and O–H groups in total. The Bertz CT molecular complexity index is 433. The molecule has 0 saturated heterocycles. The molecule has 1 rings (SSSR count). The molecule has 0 aliphatic carbocycles. The van der Waals surface area contributed by atoms with E-state index in [0.717, 1.165) is 12.3 Å². The summed E-state index contributed by atoms with van der Waals surface area (Å²) in [6.07, 6.45) is 1.48. The van der Waals surface area contributed by atoms with Crippen molar-refractivity contribution in [1.82, 2.24) is 4.98 Å². The molecule has 0 radical (unpaired) electrons. The molecule has 1 heterocycles. The van der Waals surface area contributed by atoms with Crippen LogP contribution in [0.4, 0.5) is 8.78 Å². The molecule has 0 bridgehead atoms. The SMILES string of the molecule is CS(=O)(=O)OCc1cc(F)ncc1F. The Morgan fingerprint density at radius 2 is 2.14 bits per heavy atom. The Balaban J connectivity index is 2.81. The third kappa shape index (κ3) is 3.35. The summed E-state index contributed by atoms with van der Waals surface area (Å²) in [5.41, 5.74) is -0.192. The van der Waals surface area contributed by atoms with Crippen molar-refractivity contribution in [2.24, 2.45) is 0 Å². The van der Waals surface area contributed by atoms with Gasteiger partial charge in [0.05, 0.1) is 19.1 Å². The van der Waals surface area contributed by atoms with Crippen molar-refractivity contribution < 1.29 is 21.4 Å². The second-order valence-corrected chi connectivity index (χ2v) is 4.21. The minimum Gasteiger partial charge on any atom is -0.265 e. The van der Waals surface area contributed by atoms with E-state index in [9.17, 15) is 17.2 Å². The zero-order valence-electron chi connectivity index (χ0n) is 7.20. The van der Waals surface area contributed by atoms with E-state index in [-0.39, 0.29) is 5.56 Å². The third-order valence-corrected chi connectivity index (χ3v) is 1.88. The molecule has 0 aliphatic rings. The van der Waals surface area contributed by atoms with Crippen LogP contribution < -0.4 is 0 Å². The molecule has 0 fully saturated rings. The number of halogens is 2. The molecule has 0 amide bonds. The van der Waals surface area contributed by atoms with Gasteiger partial charge in [0.2, 0.25) is 5.95 Å². The van der Waals surface area contributed by atoms with Gasteiger partial charge in [0.15, 0.2) is 0 Å². The number of rotatable bonds is 3. The Morgan fingerprint density at radius 3 is 2.71 bits per heavy atom. The highest BCUT2D eigenvalue weighted by Crippen LogP contribution is 2.09. The Hall–Kier alpha value is -1.08. The summed E-state index contributed by atoms with van der Waals surface area (Å²) in [5.74, 6) is -1.70. The number of aromatic nitrogens is 1. The highest BCUT2D eigenvalue weighted by atomic mass is 32.2. The first-order chi connectivity index (χ1) is 6.38. The van der Waals surface area contributed by atoms with Crippen LogP contribution in [0.2, 0.25) is 0 Å². The molecule has 0 saturated carbocycles. The summed E-state index contributed by atoms with van der Waals surface area (Å²) < 4.78 is 50.7. The first-order valence-electron chi connectivity index (χ1n) is 3.53. The van der Waals surface area contributed by atoms with E-state index in [0.29, 0.717) is 6.20 Å². The van der Waals surface area contributed by atoms with Crippen LogP contribution in [-0.2, 0) is 20.9 Å². The summed E-state index contributed by atoms with van der Waals surface area (Å²) in [6, 6.07) is 0.778. The van der Waals surface area contributed by atoms with Crippen LogP contribution in [0.1, 0.15) is 5.56 Å². The van der Waals surface area contributed by atoms with Crippen LogP contribution in [0.15, 0.2) is 12.3 Å². The van der Waals surface area contributed by atoms with Crippen molar-refractivity contribution in [1.29, 1.82) is 0 Å². The quantitative estimate of drug-likeness (QED) is 0.562. The topological polar surface area (TPSA) is 56.3 Å². The lowest BCUT2D eigenvalue weighted by Crippen LogP contribution is -2.04. The molecule has 0 aliphatic heterocycles. The Labute approximate surface area is 79.7 Å². The van der Waals surface area contributed by atoms with E-state index < -0.39 is 28.5 Å². The smallest absolute Gasteiger partial charge is 0.264 e. The van der Waals surface area contributed by atoms with Gasteiger partial charge in [0.25, 0.3) is 10.1 Å². The van der Waals surface area contributed by atoms with Gasteiger partial charge in [-0.15, -0.1) is 0 Å². The molecule has 0 atom stereocenters. The van der Waals surface area contributed by atoms with Crippen molar-refractivity contribution in [2.45, 2.75) is 6.61 Å². The van der Waals surface area contributed by atoms with Gasteiger partial charge in [0, 0.05) is 11.6 Å². The maximum absolute atomic E-state index is 12.8. The number of nitrogens with zero attached hydrogens (tertiary/aromatic N) is 1. The number of hydrogen-bond acceptors (Lipinski definition) is 4. The van der Waals surface area contributed by atoms with E-state index in [4.69, 9.17) is 0 Å². The maximum Gasteiger partial charge on any atom is 0.264 e. The van der Waals surface area contributed by atoms with Crippen molar-refractivity contribution in [3.05, 3.63) is 29.6 Å². The van der Waals surface area contributed by atoms with Crippen LogP contribution in [0.25, 0.3) is 0 Å². The zero-order chi connectivity index (χ0) is 10.8. The van der Waals surface area contributed by atoms with Crippen molar-refractivity contribution in [2.75, 3.05) is 6.26 Å². The minimum atomic E-state index is -3.66. The highest BCUT2D eigenvalue weighted by Gasteiger charge is 2.08.